The lowest BCUT2D eigenvalue weighted by Gasteiger charge is -2.09. The lowest BCUT2D eigenvalue weighted by molar-refractivity contribution is 0.261. The molecule has 0 aliphatic rings. The SMILES string of the molecule is CCOP(=O)(O)C(O)=Cc1ccc2ccccc2c1. The topological polar surface area (TPSA) is 66.8 Å². The van der Waals surface area contributed by atoms with Crippen LogP contribution in [0.2, 0.25) is 0 Å². The van der Waals surface area contributed by atoms with Gasteiger partial charge in [-0.15, -0.1) is 0 Å². The van der Waals surface area contributed by atoms with Crippen molar-refractivity contribution in [1.29, 1.82) is 0 Å². The number of aliphatic hydroxyl groups excluding tert-OH is 1. The summed E-state index contributed by atoms with van der Waals surface area (Å²) in [7, 11) is -4.09. The Labute approximate surface area is 111 Å². The van der Waals surface area contributed by atoms with E-state index < -0.39 is 13.1 Å². The van der Waals surface area contributed by atoms with Crippen molar-refractivity contribution < 1.29 is 19.1 Å². The van der Waals surface area contributed by atoms with Crippen LogP contribution in [0.25, 0.3) is 16.8 Å². The molecule has 1 atom stereocenters. The van der Waals surface area contributed by atoms with E-state index in [1.54, 1.807) is 13.0 Å². The summed E-state index contributed by atoms with van der Waals surface area (Å²) in [5.74, 6) is 0. The van der Waals surface area contributed by atoms with E-state index in [0.29, 0.717) is 5.56 Å². The molecular formula is C14H15O4P. The Hall–Kier alpha value is -1.61. The summed E-state index contributed by atoms with van der Waals surface area (Å²) in [5, 5.41) is 11.7. The minimum absolute atomic E-state index is 0.0589. The highest BCUT2D eigenvalue weighted by molar-refractivity contribution is 7.57. The third kappa shape index (κ3) is 3.24. The predicted octanol–water partition coefficient (Wildman–Crippen LogP) is 3.92. The Morgan fingerprint density at radius 3 is 2.63 bits per heavy atom. The van der Waals surface area contributed by atoms with Crippen molar-refractivity contribution in [2.75, 3.05) is 6.61 Å². The lowest BCUT2D eigenvalue weighted by Crippen LogP contribution is -1.92. The van der Waals surface area contributed by atoms with Gasteiger partial charge < -0.3 is 14.5 Å². The van der Waals surface area contributed by atoms with E-state index in [4.69, 9.17) is 0 Å². The molecule has 0 bridgehead atoms. The molecule has 4 nitrogen and oxygen atoms in total. The normalized spacial score (nSPS) is 15.4. The fourth-order valence-corrected chi connectivity index (χ4v) is 2.56. The van der Waals surface area contributed by atoms with Crippen LogP contribution in [0.5, 0.6) is 0 Å². The molecule has 0 aromatic heterocycles. The second-order valence-electron chi connectivity index (χ2n) is 4.05. The van der Waals surface area contributed by atoms with Gasteiger partial charge in [0, 0.05) is 0 Å². The van der Waals surface area contributed by atoms with Crippen LogP contribution in [0, 0.1) is 0 Å². The van der Waals surface area contributed by atoms with Gasteiger partial charge in [0.2, 0.25) is 5.50 Å². The molecule has 19 heavy (non-hydrogen) atoms. The quantitative estimate of drug-likeness (QED) is 0.657. The van der Waals surface area contributed by atoms with Crippen molar-refractivity contribution in [1.82, 2.24) is 0 Å². The molecule has 2 N–H and O–H groups in total. The van der Waals surface area contributed by atoms with Gasteiger partial charge in [-0.3, -0.25) is 4.57 Å². The molecular weight excluding hydrogens is 263 g/mol. The average molecular weight is 278 g/mol. The number of hydrogen-bond donors (Lipinski definition) is 2. The van der Waals surface area contributed by atoms with Crippen LogP contribution in [0.1, 0.15) is 12.5 Å². The van der Waals surface area contributed by atoms with Gasteiger partial charge in [0.1, 0.15) is 0 Å². The molecule has 2 aromatic rings. The van der Waals surface area contributed by atoms with Gasteiger partial charge in [0.15, 0.2) is 0 Å². The Morgan fingerprint density at radius 2 is 1.95 bits per heavy atom. The van der Waals surface area contributed by atoms with Crippen LogP contribution in [0.15, 0.2) is 48.0 Å². The first-order chi connectivity index (χ1) is 9.03. The van der Waals surface area contributed by atoms with Crippen molar-refractivity contribution in [3.63, 3.8) is 0 Å². The second-order valence-corrected chi connectivity index (χ2v) is 5.80. The standard InChI is InChI=1S/C14H15O4P/c1-2-18-19(16,17)14(15)10-11-7-8-12-5-3-4-6-13(12)9-11/h3-10,15H,2H2,1H3,(H,16,17). The van der Waals surface area contributed by atoms with Crippen molar-refractivity contribution in [3.8, 4) is 0 Å². The first kappa shape index (κ1) is 13.8. The van der Waals surface area contributed by atoms with Crippen molar-refractivity contribution >= 4 is 24.4 Å². The van der Waals surface area contributed by atoms with E-state index in [2.05, 4.69) is 4.52 Å². The molecule has 5 heteroatoms. The molecule has 0 heterocycles. The van der Waals surface area contributed by atoms with E-state index in [0.717, 1.165) is 10.8 Å². The molecule has 1 unspecified atom stereocenters. The third-order valence-electron chi connectivity index (χ3n) is 2.66. The van der Waals surface area contributed by atoms with E-state index in [-0.39, 0.29) is 6.61 Å². The minimum Gasteiger partial charge on any atom is -0.501 e. The van der Waals surface area contributed by atoms with E-state index in [1.807, 2.05) is 36.4 Å². The molecule has 0 aliphatic heterocycles. The molecule has 2 rings (SSSR count). The Balaban J connectivity index is 2.37. The van der Waals surface area contributed by atoms with Crippen LogP contribution in [0.4, 0.5) is 0 Å². The third-order valence-corrected chi connectivity index (χ3v) is 3.98. The number of fused-ring (bicyclic) bond motifs is 1. The van der Waals surface area contributed by atoms with Gasteiger partial charge in [-0.2, -0.15) is 0 Å². The smallest absolute Gasteiger partial charge is 0.392 e. The highest BCUT2D eigenvalue weighted by atomic mass is 31.2. The molecule has 100 valence electrons. The summed E-state index contributed by atoms with van der Waals surface area (Å²) in [5.41, 5.74) is -0.00481. The Kier molecular flexibility index (Phi) is 4.05. The molecule has 0 aliphatic carbocycles. The summed E-state index contributed by atoms with van der Waals surface area (Å²) < 4.78 is 16.2. The van der Waals surface area contributed by atoms with Crippen LogP contribution in [-0.2, 0) is 9.09 Å². The van der Waals surface area contributed by atoms with Crippen molar-refractivity contribution in [2.45, 2.75) is 6.92 Å². The number of hydrogen-bond acceptors (Lipinski definition) is 3. The molecule has 0 spiro atoms. The van der Waals surface area contributed by atoms with Gasteiger partial charge in [0.25, 0.3) is 0 Å². The maximum atomic E-state index is 11.6. The van der Waals surface area contributed by atoms with Crippen LogP contribution in [0.3, 0.4) is 0 Å². The fourth-order valence-electron chi connectivity index (χ4n) is 1.77. The second kappa shape index (κ2) is 5.57. The van der Waals surface area contributed by atoms with E-state index >= 15 is 0 Å². The largest absolute Gasteiger partial charge is 0.501 e. The van der Waals surface area contributed by atoms with Gasteiger partial charge in [-0.1, -0.05) is 36.4 Å². The number of benzene rings is 2. The number of rotatable bonds is 4. The monoisotopic (exact) mass is 278 g/mol. The summed E-state index contributed by atoms with van der Waals surface area (Å²) in [6.07, 6.45) is 1.25. The number of aliphatic hydroxyl groups is 1. The van der Waals surface area contributed by atoms with Crippen LogP contribution >= 0.6 is 7.60 Å². The highest BCUT2D eigenvalue weighted by Gasteiger charge is 2.24. The first-order valence-electron chi connectivity index (χ1n) is 5.90. The average Bonchev–Trinajstić information content (AvgIpc) is 2.38. The molecule has 0 amide bonds. The summed E-state index contributed by atoms with van der Waals surface area (Å²) >= 11 is 0. The maximum Gasteiger partial charge on any atom is 0.392 e. The molecule has 0 saturated heterocycles. The molecule has 0 radical (unpaired) electrons. The van der Waals surface area contributed by atoms with Crippen LogP contribution in [-0.4, -0.2) is 16.6 Å². The Bertz CT molecular complexity index is 663. The summed E-state index contributed by atoms with van der Waals surface area (Å²) in [4.78, 5) is 9.47. The van der Waals surface area contributed by atoms with Crippen LogP contribution < -0.4 is 0 Å². The fraction of sp³-hybridized carbons (Fsp3) is 0.143. The van der Waals surface area contributed by atoms with E-state index in [1.165, 1.54) is 6.08 Å². The Morgan fingerprint density at radius 1 is 1.26 bits per heavy atom. The van der Waals surface area contributed by atoms with Gasteiger partial charge in [-0.25, -0.2) is 0 Å². The minimum atomic E-state index is -4.09. The highest BCUT2D eigenvalue weighted by Crippen LogP contribution is 2.49. The van der Waals surface area contributed by atoms with Crippen molar-refractivity contribution in [3.05, 3.63) is 53.5 Å². The maximum absolute atomic E-state index is 11.6. The zero-order valence-corrected chi connectivity index (χ0v) is 11.4. The first-order valence-corrected chi connectivity index (χ1v) is 7.48. The van der Waals surface area contributed by atoms with Gasteiger partial charge in [-0.05, 0) is 35.4 Å². The zero-order chi connectivity index (χ0) is 13.9. The molecule has 0 fully saturated rings. The van der Waals surface area contributed by atoms with Gasteiger partial charge >= 0.3 is 7.60 Å². The lowest BCUT2D eigenvalue weighted by atomic mass is 10.1. The zero-order valence-electron chi connectivity index (χ0n) is 10.5. The predicted molar refractivity (Wildman–Crippen MR) is 76.0 cm³/mol. The van der Waals surface area contributed by atoms with Gasteiger partial charge in [0.05, 0.1) is 6.61 Å². The molecule has 2 aromatic carbocycles. The summed E-state index contributed by atoms with van der Waals surface area (Å²) in [6, 6.07) is 13.2. The molecule has 0 saturated carbocycles. The summed E-state index contributed by atoms with van der Waals surface area (Å²) in [6.45, 7) is 1.65. The van der Waals surface area contributed by atoms with E-state index in [9.17, 15) is 14.6 Å². The van der Waals surface area contributed by atoms with Crippen molar-refractivity contribution in [2.24, 2.45) is 0 Å².